The highest BCUT2D eigenvalue weighted by atomic mass is 16.6. The molecule has 0 amide bonds. The summed E-state index contributed by atoms with van der Waals surface area (Å²) in [7, 11) is 0. The van der Waals surface area contributed by atoms with E-state index >= 15 is 14.4 Å². The Hall–Kier alpha value is -7.97. The predicted molar refractivity (Wildman–Crippen MR) is 396 cm³/mol. The van der Waals surface area contributed by atoms with Crippen LogP contribution in [0.15, 0.2) is 172 Å². The predicted octanol–water partition coefficient (Wildman–Crippen LogP) is 16.7. The zero-order chi connectivity index (χ0) is 70.0. The summed E-state index contributed by atoms with van der Waals surface area (Å²) in [6.45, 7) is 1.84. The highest BCUT2D eigenvalue weighted by molar-refractivity contribution is 5.91. The van der Waals surface area contributed by atoms with Crippen LogP contribution in [0.2, 0.25) is 0 Å². The van der Waals surface area contributed by atoms with Crippen molar-refractivity contribution in [3.63, 3.8) is 0 Å². The first kappa shape index (κ1) is 66.9. The van der Waals surface area contributed by atoms with Gasteiger partial charge in [-0.3, -0.25) is 4.79 Å². The minimum Gasteiger partial charge on any atom is -0.483 e. The maximum absolute atomic E-state index is 16.7. The highest BCUT2D eigenvalue weighted by Crippen LogP contribution is 2.69. The summed E-state index contributed by atoms with van der Waals surface area (Å²) in [4.78, 5) is 48.2. The van der Waals surface area contributed by atoms with Gasteiger partial charge in [0, 0.05) is 58.6 Å². The van der Waals surface area contributed by atoms with Gasteiger partial charge in [0.25, 0.3) is 0 Å². The molecule has 18 rings (SSSR count). The quantitative estimate of drug-likeness (QED) is 0.0299. The second-order valence-electron chi connectivity index (χ2n) is 32.9. The number of hydrogen-bond donors (Lipinski definition) is 4. The molecule has 4 N–H and O–H groups in total. The number of aliphatic hydroxyl groups is 4. The van der Waals surface area contributed by atoms with Crippen LogP contribution in [0.4, 0.5) is 0 Å². The lowest BCUT2D eigenvalue weighted by Gasteiger charge is -2.55. The number of hydrogen-bond acceptors (Lipinski definition) is 12. The smallest absolute Gasteiger partial charge is 0.340 e. The molecule has 532 valence electrons. The van der Waals surface area contributed by atoms with Crippen LogP contribution >= 0.6 is 0 Å². The van der Waals surface area contributed by atoms with Crippen LogP contribution in [-0.2, 0) is 48.7 Å². The van der Waals surface area contributed by atoms with Crippen molar-refractivity contribution < 1.29 is 53.4 Å². The number of fused-ring (bicyclic) bond motifs is 13. The van der Waals surface area contributed by atoms with E-state index in [1.807, 2.05) is 13.0 Å². The first-order valence-corrected chi connectivity index (χ1v) is 38.8. The van der Waals surface area contributed by atoms with Gasteiger partial charge in [0.15, 0.2) is 17.8 Å². The van der Waals surface area contributed by atoms with E-state index in [1.54, 1.807) is 6.07 Å². The zero-order valence-corrected chi connectivity index (χ0v) is 59.4. The third-order valence-electron chi connectivity index (χ3n) is 28.5. The molecule has 2 spiro atoms. The molecule has 4 heterocycles. The fraction of sp³-hybridized carbons (Fsp3) is 0.462. The fourth-order valence-corrected chi connectivity index (χ4v) is 24.1. The van der Waals surface area contributed by atoms with Gasteiger partial charge in [-0.1, -0.05) is 165 Å². The Balaban J connectivity index is 0.861. The number of esters is 2. The molecule has 18 atom stereocenters. The van der Waals surface area contributed by atoms with Gasteiger partial charge in [-0.2, -0.15) is 0 Å². The standard InChI is InChI=1S/C91H96O12/c1-52(48-93)71-45-79-69-34-28-57-42-72(69)60(47-90(79)39-12-19-61(90)29-24-53-13-4-3-5-14-53)43-74-67-33-26-54-15-6-8-20-65(54)73(67)46-78(74)89(2)86(102-87(71)97)85(83-80(103-89)37-36-70-75(49-94)82(88(98)101-84(70)83)58(38-40-92)50-99-51-95)100-81(96)44-59-41-56(27-32-64(57)59)66-21-11-23-77-68(66)35-31-63-18-10-17-62-30-25-55-16-7-9-22-76(55)91(62,63)77/h3-9,11,13-16,20-23,25-28,30,32-34,36-37,42,56,58-64,67,73-74,78-79,85-86,92-95H,10,12,17-19,24,29,31,35,38-41,43-51H2,1-2H3. The number of benzene rings is 6. The molecule has 8 aliphatic carbocycles. The van der Waals surface area contributed by atoms with E-state index in [0.29, 0.717) is 59.3 Å². The number of ether oxygens (including phenoxy) is 4. The molecule has 12 heteroatoms. The van der Waals surface area contributed by atoms with Crippen molar-refractivity contribution in [1.82, 2.24) is 0 Å². The molecular weight excluding hydrogens is 1280 g/mol. The first-order valence-electron chi connectivity index (χ1n) is 38.8. The molecule has 1 aromatic heterocycles. The van der Waals surface area contributed by atoms with E-state index in [0.717, 1.165) is 64.2 Å². The number of carbonyl (C=O) groups excluding carboxylic acids is 2. The number of aliphatic hydroxyl groups excluding tert-OH is 4. The lowest BCUT2D eigenvalue weighted by Crippen LogP contribution is -2.59. The van der Waals surface area contributed by atoms with Crippen molar-refractivity contribution in [3.8, 4) is 5.75 Å². The summed E-state index contributed by atoms with van der Waals surface area (Å²) in [6.07, 6.45) is 26.1. The van der Waals surface area contributed by atoms with Crippen molar-refractivity contribution in [2.24, 2.45) is 46.8 Å². The minimum atomic E-state index is -1.43. The van der Waals surface area contributed by atoms with Crippen molar-refractivity contribution in [2.75, 3.05) is 26.6 Å². The van der Waals surface area contributed by atoms with Gasteiger partial charge in [-0.15, -0.1) is 0 Å². The van der Waals surface area contributed by atoms with Crippen LogP contribution in [0, 0.1) is 46.8 Å². The number of rotatable bonds is 12. The Morgan fingerprint density at radius 2 is 1.55 bits per heavy atom. The summed E-state index contributed by atoms with van der Waals surface area (Å²) in [5.74, 6) is -1.09. The Bertz CT molecular complexity index is 4690. The topological polar surface area (TPSA) is 182 Å². The van der Waals surface area contributed by atoms with Gasteiger partial charge in [-0.05, 0) is 247 Å². The Morgan fingerprint density at radius 3 is 2.40 bits per heavy atom. The average Bonchev–Trinajstić information content (AvgIpc) is 0.863. The fourth-order valence-electron chi connectivity index (χ4n) is 24.1. The van der Waals surface area contributed by atoms with Crippen molar-refractivity contribution in [2.45, 2.75) is 188 Å². The first-order chi connectivity index (χ1) is 50.3. The van der Waals surface area contributed by atoms with Crippen LogP contribution in [0.5, 0.6) is 5.75 Å². The highest BCUT2D eigenvalue weighted by Gasteiger charge is 2.64. The number of aryl methyl sites for hydroxylation is 1. The summed E-state index contributed by atoms with van der Waals surface area (Å²) in [5, 5.41) is 43.7. The summed E-state index contributed by atoms with van der Waals surface area (Å²) in [6, 6.07) is 46.8. The maximum Gasteiger partial charge on any atom is 0.340 e. The van der Waals surface area contributed by atoms with E-state index in [4.69, 9.17) is 23.4 Å². The van der Waals surface area contributed by atoms with Crippen molar-refractivity contribution in [3.05, 3.63) is 251 Å². The van der Waals surface area contributed by atoms with Crippen LogP contribution in [0.1, 0.15) is 230 Å². The lowest BCUT2D eigenvalue weighted by atomic mass is 9.48. The monoisotopic (exact) mass is 1380 g/mol. The molecule has 0 radical (unpaired) electrons. The van der Waals surface area contributed by atoms with Crippen LogP contribution < -0.4 is 10.4 Å². The molecule has 103 heavy (non-hydrogen) atoms. The molecule has 7 aromatic rings. The second kappa shape index (κ2) is 26.6. The average molecular weight is 1380 g/mol. The summed E-state index contributed by atoms with van der Waals surface area (Å²) >= 11 is 0. The van der Waals surface area contributed by atoms with Crippen molar-refractivity contribution >= 4 is 35.1 Å². The SMILES string of the molecule is CC(CO)=C1CC2c3ccc4cc3C(CC3C5C=Cc6ccccc6C5CC3C3(C)Oc5ccc6c(CO)c(C(CCO)COCO)c(=O)oc6c5C(OC(=O)CC5CC(c6cccc7c6CCC6CCCC8C=Cc9ccccc9C786)C=CC45)C3OC1=O)CC21CCCC1CCc1ccccc1. The molecule has 18 unspecified atom stereocenters. The largest absolute Gasteiger partial charge is 0.483 e. The van der Waals surface area contributed by atoms with E-state index in [1.165, 1.54) is 74.0 Å². The Morgan fingerprint density at radius 1 is 0.738 bits per heavy atom. The molecule has 0 saturated heterocycles. The molecule has 3 aliphatic heterocycles. The maximum atomic E-state index is 16.7. The van der Waals surface area contributed by atoms with Crippen molar-refractivity contribution in [1.29, 1.82) is 0 Å². The Kier molecular flexibility index (Phi) is 17.3. The van der Waals surface area contributed by atoms with Gasteiger partial charge in [0.2, 0.25) is 0 Å². The molecular formula is C91H96O12. The van der Waals surface area contributed by atoms with E-state index < -0.39 is 54.7 Å². The normalized spacial score (nSPS) is 33.3. The van der Waals surface area contributed by atoms with Gasteiger partial charge in [0.1, 0.15) is 18.1 Å². The number of allylic oxidation sites excluding steroid dienone is 4. The van der Waals surface area contributed by atoms with Crippen LogP contribution in [-0.4, -0.2) is 70.7 Å². The molecule has 3 saturated carbocycles. The van der Waals surface area contributed by atoms with E-state index in [2.05, 4.69) is 159 Å². The summed E-state index contributed by atoms with van der Waals surface area (Å²) in [5.41, 5.74) is 13.5. The minimum absolute atomic E-state index is 0.00715. The molecule has 6 aromatic carbocycles. The molecule has 7 bridgehead atoms. The lowest BCUT2D eigenvalue weighted by molar-refractivity contribution is -0.202. The zero-order valence-electron chi connectivity index (χ0n) is 59.4. The van der Waals surface area contributed by atoms with Crippen LogP contribution in [0.25, 0.3) is 23.1 Å². The Labute approximate surface area is 603 Å². The van der Waals surface area contributed by atoms with Gasteiger partial charge < -0.3 is 43.8 Å². The summed E-state index contributed by atoms with van der Waals surface area (Å²) < 4.78 is 34.9. The third-order valence-corrected chi connectivity index (χ3v) is 28.5. The van der Waals surface area contributed by atoms with E-state index in [-0.39, 0.29) is 119 Å². The van der Waals surface area contributed by atoms with Gasteiger partial charge in [0.05, 0.1) is 25.4 Å². The molecule has 12 nitrogen and oxygen atoms in total. The van der Waals surface area contributed by atoms with Crippen LogP contribution in [0.3, 0.4) is 0 Å². The van der Waals surface area contributed by atoms with Gasteiger partial charge >= 0.3 is 17.6 Å². The molecule has 11 aliphatic rings. The third kappa shape index (κ3) is 10.7. The number of carbonyl (C=O) groups is 2. The second-order valence-corrected chi connectivity index (χ2v) is 32.9. The molecule has 3 fully saturated rings. The van der Waals surface area contributed by atoms with Gasteiger partial charge in [-0.25, -0.2) is 9.59 Å². The van der Waals surface area contributed by atoms with E-state index in [9.17, 15) is 20.4 Å².